The van der Waals surface area contributed by atoms with Gasteiger partial charge in [0.2, 0.25) is 0 Å². The van der Waals surface area contributed by atoms with Gasteiger partial charge in [0.05, 0.1) is 12.2 Å². The normalized spacial score (nSPS) is 38.6. The van der Waals surface area contributed by atoms with Crippen LogP contribution in [0.4, 0.5) is 0 Å². The van der Waals surface area contributed by atoms with E-state index >= 15 is 0 Å². The van der Waals surface area contributed by atoms with Gasteiger partial charge in [0.25, 0.3) is 0 Å². The van der Waals surface area contributed by atoms with Crippen LogP contribution in [0.25, 0.3) is 0 Å². The van der Waals surface area contributed by atoms with E-state index in [9.17, 15) is 5.11 Å². The molecule has 1 aliphatic rings. The molecule has 0 aliphatic carbocycles. The van der Waals surface area contributed by atoms with Gasteiger partial charge in [0.15, 0.2) is 6.29 Å². The molecule has 1 heterocycles. The van der Waals surface area contributed by atoms with Crippen LogP contribution in [0.15, 0.2) is 0 Å². The van der Waals surface area contributed by atoms with E-state index in [4.69, 9.17) is 14.2 Å². The van der Waals surface area contributed by atoms with Crippen molar-refractivity contribution in [2.75, 3.05) is 13.2 Å². The Bertz CT molecular complexity index is 162. The molecular weight excluding hydrogens is 184 g/mol. The summed E-state index contributed by atoms with van der Waals surface area (Å²) in [5, 5.41) is 9.75. The molecule has 0 aromatic rings. The quantitative estimate of drug-likeness (QED) is 0.740. The van der Waals surface area contributed by atoms with Crippen LogP contribution in [-0.2, 0) is 14.2 Å². The summed E-state index contributed by atoms with van der Waals surface area (Å²) < 4.78 is 16.3. The van der Waals surface area contributed by atoms with Crippen LogP contribution >= 0.6 is 0 Å². The Hall–Kier alpha value is -0.160. The van der Waals surface area contributed by atoms with Crippen molar-refractivity contribution in [3.05, 3.63) is 0 Å². The number of rotatable bonds is 4. The molecule has 0 unspecified atom stereocenters. The second-order valence-electron chi connectivity index (χ2n) is 3.45. The van der Waals surface area contributed by atoms with E-state index < -0.39 is 6.10 Å². The fraction of sp³-hybridized carbons (Fsp3) is 1.00. The minimum Gasteiger partial charge on any atom is -0.388 e. The van der Waals surface area contributed by atoms with Crippen LogP contribution in [0, 0.1) is 0 Å². The number of aliphatic hydroxyl groups is 1. The van der Waals surface area contributed by atoms with Gasteiger partial charge in [0, 0.05) is 19.6 Å². The van der Waals surface area contributed by atoms with E-state index in [1.165, 1.54) is 0 Å². The van der Waals surface area contributed by atoms with Crippen molar-refractivity contribution in [1.82, 2.24) is 0 Å². The second kappa shape index (κ2) is 5.66. The van der Waals surface area contributed by atoms with Crippen molar-refractivity contribution in [2.45, 2.75) is 51.8 Å². The minimum atomic E-state index is -0.549. The predicted octanol–water partition coefficient (Wildman–Crippen LogP) is 0.924. The van der Waals surface area contributed by atoms with Gasteiger partial charge >= 0.3 is 0 Å². The highest BCUT2D eigenvalue weighted by atomic mass is 16.7. The summed E-state index contributed by atoms with van der Waals surface area (Å²) in [6.07, 6.45) is -0.577. The molecule has 1 saturated heterocycles. The van der Waals surface area contributed by atoms with Crippen molar-refractivity contribution in [3.8, 4) is 0 Å². The third kappa shape index (κ3) is 2.92. The minimum absolute atomic E-state index is 0.166. The van der Waals surface area contributed by atoms with E-state index in [2.05, 4.69) is 0 Å². The second-order valence-corrected chi connectivity index (χ2v) is 3.45. The van der Waals surface area contributed by atoms with Gasteiger partial charge in [-0.2, -0.15) is 0 Å². The Kier molecular flexibility index (Phi) is 4.81. The molecule has 0 bridgehead atoms. The number of aliphatic hydroxyl groups excluding tert-OH is 1. The summed E-state index contributed by atoms with van der Waals surface area (Å²) >= 11 is 0. The lowest BCUT2D eigenvalue weighted by atomic mass is 10.0. The lowest BCUT2D eigenvalue weighted by Gasteiger charge is -2.37. The molecule has 84 valence electrons. The Labute approximate surface area is 85.2 Å². The van der Waals surface area contributed by atoms with Crippen molar-refractivity contribution >= 4 is 0 Å². The Morgan fingerprint density at radius 1 is 1.29 bits per heavy atom. The molecule has 1 fully saturated rings. The van der Waals surface area contributed by atoms with Crippen molar-refractivity contribution in [2.24, 2.45) is 0 Å². The topological polar surface area (TPSA) is 47.9 Å². The smallest absolute Gasteiger partial charge is 0.160 e. The fourth-order valence-corrected chi connectivity index (χ4v) is 1.68. The maximum absolute atomic E-state index is 9.75. The molecule has 0 saturated carbocycles. The van der Waals surface area contributed by atoms with Gasteiger partial charge in [0.1, 0.15) is 6.10 Å². The monoisotopic (exact) mass is 204 g/mol. The summed E-state index contributed by atoms with van der Waals surface area (Å²) in [6.45, 7) is 6.90. The van der Waals surface area contributed by atoms with Gasteiger partial charge in [-0.3, -0.25) is 0 Å². The van der Waals surface area contributed by atoms with Crippen molar-refractivity contribution < 1.29 is 19.3 Å². The molecule has 4 atom stereocenters. The summed E-state index contributed by atoms with van der Waals surface area (Å²) in [4.78, 5) is 0. The highest BCUT2D eigenvalue weighted by Gasteiger charge is 2.35. The molecule has 1 aliphatic heterocycles. The van der Waals surface area contributed by atoms with Crippen LogP contribution in [0.1, 0.15) is 27.2 Å². The van der Waals surface area contributed by atoms with Crippen molar-refractivity contribution in [1.29, 1.82) is 0 Å². The maximum atomic E-state index is 9.75. The van der Waals surface area contributed by atoms with E-state index in [0.29, 0.717) is 19.6 Å². The van der Waals surface area contributed by atoms with Crippen LogP contribution in [0.3, 0.4) is 0 Å². The highest BCUT2D eigenvalue weighted by molar-refractivity contribution is 4.81. The van der Waals surface area contributed by atoms with Gasteiger partial charge in [-0.25, -0.2) is 0 Å². The lowest BCUT2D eigenvalue weighted by molar-refractivity contribution is -0.251. The number of hydrogen-bond acceptors (Lipinski definition) is 4. The summed E-state index contributed by atoms with van der Waals surface area (Å²) in [7, 11) is 0. The van der Waals surface area contributed by atoms with E-state index in [1.54, 1.807) is 0 Å². The van der Waals surface area contributed by atoms with Gasteiger partial charge in [-0.05, 0) is 20.8 Å². The first kappa shape index (κ1) is 11.9. The summed E-state index contributed by atoms with van der Waals surface area (Å²) in [6, 6.07) is 0. The Balaban J connectivity index is 2.47. The van der Waals surface area contributed by atoms with Crippen LogP contribution in [0.5, 0.6) is 0 Å². The standard InChI is InChI=1S/C10H20O4/c1-4-12-8-6-9(13-5-2)14-7(3)10(8)11/h7-11H,4-6H2,1-3H3/t7-,8-,9+,10-/m0/s1. The van der Waals surface area contributed by atoms with E-state index in [-0.39, 0.29) is 18.5 Å². The third-order valence-corrected chi connectivity index (χ3v) is 2.39. The zero-order valence-corrected chi connectivity index (χ0v) is 9.10. The number of ether oxygens (including phenoxy) is 3. The summed E-state index contributed by atoms with van der Waals surface area (Å²) in [5.74, 6) is 0. The fourth-order valence-electron chi connectivity index (χ4n) is 1.68. The first-order valence-corrected chi connectivity index (χ1v) is 5.25. The maximum Gasteiger partial charge on any atom is 0.160 e. The van der Waals surface area contributed by atoms with Crippen LogP contribution < -0.4 is 0 Å². The molecule has 0 radical (unpaired) electrons. The first-order valence-electron chi connectivity index (χ1n) is 5.25. The predicted molar refractivity (Wildman–Crippen MR) is 52.0 cm³/mol. The molecule has 1 N–H and O–H groups in total. The number of hydrogen-bond donors (Lipinski definition) is 1. The SMILES string of the molecule is CCO[C@H]1C[C@H](OCC)[C@@H](O)[C@H](C)O1. The third-order valence-electron chi connectivity index (χ3n) is 2.39. The van der Waals surface area contributed by atoms with E-state index in [0.717, 1.165) is 0 Å². The van der Waals surface area contributed by atoms with Gasteiger partial charge in [-0.1, -0.05) is 0 Å². The molecule has 0 aromatic heterocycles. The molecule has 0 spiro atoms. The zero-order valence-electron chi connectivity index (χ0n) is 9.10. The molecule has 0 aromatic carbocycles. The zero-order chi connectivity index (χ0) is 10.6. The molecular formula is C10H20O4. The van der Waals surface area contributed by atoms with E-state index in [1.807, 2.05) is 20.8 Å². The lowest BCUT2D eigenvalue weighted by Crippen LogP contribution is -2.48. The summed E-state index contributed by atoms with van der Waals surface area (Å²) in [5.41, 5.74) is 0. The van der Waals surface area contributed by atoms with Crippen molar-refractivity contribution in [3.63, 3.8) is 0 Å². The highest BCUT2D eigenvalue weighted by Crippen LogP contribution is 2.23. The Morgan fingerprint density at radius 3 is 2.50 bits per heavy atom. The molecule has 4 heteroatoms. The molecule has 0 amide bonds. The molecule has 14 heavy (non-hydrogen) atoms. The largest absolute Gasteiger partial charge is 0.388 e. The first-order chi connectivity index (χ1) is 6.69. The van der Waals surface area contributed by atoms with Crippen LogP contribution in [0.2, 0.25) is 0 Å². The Morgan fingerprint density at radius 2 is 1.93 bits per heavy atom. The van der Waals surface area contributed by atoms with Gasteiger partial charge < -0.3 is 19.3 Å². The average molecular weight is 204 g/mol. The average Bonchev–Trinajstić information content (AvgIpc) is 2.14. The molecule has 1 rings (SSSR count). The molecule has 4 nitrogen and oxygen atoms in total. The van der Waals surface area contributed by atoms with Crippen LogP contribution in [-0.4, -0.2) is 42.9 Å². The van der Waals surface area contributed by atoms with Gasteiger partial charge in [-0.15, -0.1) is 0 Å².